The summed E-state index contributed by atoms with van der Waals surface area (Å²) in [6.07, 6.45) is 7.16. The van der Waals surface area contributed by atoms with Gasteiger partial charge in [-0.15, -0.1) is 0 Å². The summed E-state index contributed by atoms with van der Waals surface area (Å²) < 4.78 is 2.78. The molecule has 1 atom stereocenters. The van der Waals surface area contributed by atoms with Gasteiger partial charge in [0.2, 0.25) is 0 Å². The lowest BCUT2D eigenvalue weighted by atomic mass is 10.2. The number of pyridine rings is 1. The molecule has 0 fully saturated rings. The Morgan fingerprint density at radius 3 is 2.94 bits per heavy atom. The second kappa shape index (κ2) is 5.77. The summed E-state index contributed by atoms with van der Waals surface area (Å²) in [7, 11) is 0. The number of rotatable bonds is 5. The van der Waals surface area contributed by atoms with Crippen LogP contribution in [0.2, 0.25) is 0 Å². The van der Waals surface area contributed by atoms with E-state index in [0.29, 0.717) is 0 Å². The number of anilines is 1. The summed E-state index contributed by atoms with van der Waals surface area (Å²) in [6, 6.07) is 3.89. The second-order valence-electron chi connectivity index (χ2n) is 3.69. The van der Waals surface area contributed by atoms with Crippen molar-refractivity contribution >= 4 is 21.7 Å². The first kappa shape index (κ1) is 12.0. The van der Waals surface area contributed by atoms with Gasteiger partial charge in [-0.2, -0.15) is 5.10 Å². The molecule has 90 valence electrons. The van der Waals surface area contributed by atoms with Crippen molar-refractivity contribution in [2.75, 3.05) is 5.32 Å². The zero-order valence-corrected chi connectivity index (χ0v) is 11.1. The normalized spacial score (nSPS) is 12.4. The molecule has 0 radical (unpaired) electrons. The van der Waals surface area contributed by atoms with E-state index in [9.17, 15) is 0 Å². The van der Waals surface area contributed by atoms with Gasteiger partial charge in [-0.25, -0.2) is 14.6 Å². The molecule has 0 aliphatic heterocycles. The maximum atomic E-state index is 4.29. The van der Waals surface area contributed by atoms with E-state index >= 15 is 0 Å². The number of aromatic nitrogens is 4. The van der Waals surface area contributed by atoms with Crippen LogP contribution in [0.5, 0.6) is 0 Å². The summed E-state index contributed by atoms with van der Waals surface area (Å²) in [5.74, 6) is 0.835. The Hall–Kier alpha value is -1.43. The summed E-state index contributed by atoms with van der Waals surface area (Å²) >= 11 is 3.36. The molecule has 5 nitrogen and oxygen atoms in total. The quantitative estimate of drug-likeness (QED) is 0.921. The standard InChI is InChI=1S/C11H14BrN5/c1-2-3-11(17-8-13-7-15-17)16-10-5-4-9(12)6-14-10/h4-8,11H,2-3H2,1H3,(H,14,16)/t11-/m1/s1. The Morgan fingerprint density at radius 2 is 2.35 bits per heavy atom. The Kier molecular flexibility index (Phi) is 4.08. The molecule has 0 aliphatic carbocycles. The lowest BCUT2D eigenvalue weighted by Crippen LogP contribution is -2.19. The summed E-state index contributed by atoms with van der Waals surface area (Å²) in [6.45, 7) is 2.14. The first-order valence-corrected chi connectivity index (χ1v) is 6.31. The summed E-state index contributed by atoms with van der Waals surface area (Å²) in [5.41, 5.74) is 0. The van der Waals surface area contributed by atoms with Crippen LogP contribution in [0.25, 0.3) is 0 Å². The van der Waals surface area contributed by atoms with Gasteiger partial charge in [0.15, 0.2) is 0 Å². The SMILES string of the molecule is CCC[C@H](Nc1ccc(Br)cn1)n1cncn1. The fraction of sp³-hybridized carbons (Fsp3) is 0.364. The number of nitrogens with one attached hydrogen (secondary N) is 1. The average molecular weight is 296 g/mol. The molecular formula is C11H14BrN5. The van der Waals surface area contributed by atoms with Crippen LogP contribution in [0.1, 0.15) is 25.9 Å². The first-order chi connectivity index (χ1) is 8.29. The van der Waals surface area contributed by atoms with Gasteiger partial charge in [0.05, 0.1) is 0 Å². The third-order valence-electron chi connectivity index (χ3n) is 2.36. The van der Waals surface area contributed by atoms with Gasteiger partial charge in [0.1, 0.15) is 24.6 Å². The highest BCUT2D eigenvalue weighted by Gasteiger charge is 2.10. The van der Waals surface area contributed by atoms with Gasteiger partial charge >= 0.3 is 0 Å². The lowest BCUT2D eigenvalue weighted by Gasteiger charge is -2.18. The molecule has 6 heteroatoms. The molecule has 2 heterocycles. The van der Waals surface area contributed by atoms with Gasteiger partial charge < -0.3 is 5.32 Å². The number of nitrogens with zero attached hydrogens (tertiary/aromatic N) is 4. The predicted octanol–water partition coefficient (Wildman–Crippen LogP) is 2.85. The topological polar surface area (TPSA) is 55.6 Å². The van der Waals surface area contributed by atoms with E-state index in [1.807, 2.05) is 16.8 Å². The van der Waals surface area contributed by atoms with Crippen molar-refractivity contribution in [1.29, 1.82) is 0 Å². The third-order valence-corrected chi connectivity index (χ3v) is 2.83. The van der Waals surface area contributed by atoms with Gasteiger partial charge in [-0.3, -0.25) is 0 Å². The molecule has 0 saturated carbocycles. The maximum Gasteiger partial charge on any atom is 0.137 e. The van der Waals surface area contributed by atoms with Crippen LogP contribution in [-0.4, -0.2) is 19.7 Å². The van der Waals surface area contributed by atoms with Crippen molar-refractivity contribution in [1.82, 2.24) is 19.7 Å². The molecule has 0 aliphatic rings. The number of hydrogen-bond acceptors (Lipinski definition) is 4. The summed E-state index contributed by atoms with van der Waals surface area (Å²) in [5, 5.41) is 7.49. The van der Waals surface area contributed by atoms with Crippen molar-refractivity contribution in [3.8, 4) is 0 Å². The minimum atomic E-state index is 0.0937. The zero-order chi connectivity index (χ0) is 12.1. The molecule has 2 rings (SSSR count). The van der Waals surface area contributed by atoms with E-state index < -0.39 is 0 Å². The number of hydrogen-bond donors (Lipinski definition) is 1. The minimum Gasteiger partial charge on any atom is -0.348 e. The van der Waals surface area contributed by atoms with Crippen LogP contribution >= 0.6 is 15.9 Å². The van der Waals surface area contributed by atoms with Crippen LogP contribution in [0.3, 0.4) is 0 Å². The zero-order valence-electron chi connectivity index (χ0n) is 9.55. The summed E-state index contributed by atoms with van der Waals surface area (Å²) in [4.78, 5) is 8.26. The van der Waals surface area contributed by atoms with E-state index in [1.165, 1.54) is 0 Å². The smallest absolute Gasteiger partial charge is 0.137 e. The van der Waals surface area contributed by atoms with Crippen LogP contribution in [0.4, 0.5) is 5.82 Å². The van der Waals surface area contributed by atoms with E-state index in [0.717, 1.165) is 23.1 Å². The minimum absolute atomic E-state index is 0.0937. The van der Waals surface area contributed by atoms with E-state index in [-0.39, 0.29) is 6.17 Å². The highest BCUT2D eigenvalue weighted by atomic mass is 79.9. The molecule has 1 N–H and O–H groups in total. The molecule has 0 amide bonds. The van der Waals surface area contributed by atoms with Crippen molar-refractivity contribution in [3.05, 3.63) is 35.5 Å². The molecule has 17 heavy (non-hydrogen) atoms. The van der Waals surface area contributed by atoms with Crippen LogP contribution < -0.4 is 5.32 Å². The van der Waals surface area contributed by atoms with Crippen molar-refractivity contribution in [3.63, 3.8) is 0 Å². The highest BCUT2D eigenvalue weighted by molar-refractivity contribution is 9.10. The monoisotopic (exact) mass is 295 g/mol. The molecule has 0 saturated heterocycles. The van der Waals surface area contributed by atoms with E-state index in [2.05, 4.69) is 43.2 Å². The fourth-order valence-electron chi connectivity index (χ4n) is 1.55. The van der Waals surface area contributed by atoms with Crippen molar-refractivity contribution in [2.24, 2.45) is 0 Å². The van der Waals surface area contributed by atoms with Crippen LogP contribution in [0.15, 0.2) is 35.5 Å². The average Bonchev–Trinajstić information content (AvgIpc) is 2.85. The molecule has 2 aromatic heterocycles. The van der Waals surface area contributed by atoms with E-state index in [1.54, 1.807) is 18.9 Å². The Balaban J connectivity index is 2.10. The Labute approximate surface area is 108 Å². The molecule has 0 unspecified atom stereocenters. The molecular weight excluding hydrogens is 282 g/mol. The highest BCUT2D eigenvalue weighted by Crippen LogP contribution is 2.17. The van der Waals surface area contributed by atoms with Gasteiger partial charge in [0, 0.05) is 10.7 Å². The molecule has 0 aromatic carbocycles. The van der Waals surface area contributed by atoms with Crippen LogP contribution in [-0.2, 0) is 0 Å². The Bertz CT molecular complexity index is 439. The molecule has 0 bridgehead atoms. The largest absolute Gasteiger partial charge is 0.348 e. The molecule has 2 aromatic rings. The van der Waals surface area contributed by atoms with Crippen molar-refractivity contribution in [2.45, 2.75) is 25.9 Å². The predicted molar refractivity (Wildman–Crippen MR) is 69.5 cm³/mol. The first-order valence-electron chi connectivity index (χ1n) is 5.52. The Morgan fingerprint density at radius 1 is 1.47 bits per heavy atom. The fourth-order valence-corrected chi connectivity index (χ4v) is 1.79. The van der Waals surface area contributed by atoms with Gasteiger partial charge in [0.25, 0.3) is 0 Å². The van der Waals surface area contributed by atoms with Crippen LogP contribution in [0, 0.1) is 0 Å². The number of halogens is 1. The lowest BCUT2D eigenvalue weighted by molar-refractivity contribution is 0.464. The van der Waals surface area contributed by atoms with Crippen molar-refractivity contribution < 1.29 is 0 Å². The maximum absolute atomic E-state index is 4.29. The molecule has 0 spiro atoms. The third kappa shape index (κ3) is 3.26. The van der Waals surface area contributed by atoms with Gasteiger partial charge in [-0.05, 0) is 34.5 Å². The second-order valence-corrected chi connectivity index (χ2v) is 4.60. The van der Waals surface area contributed by atoms with Gasteiger partial charge in [-0.1, -0.05) is 13.3 Å². The van der Waals surface area contributed by atoms with E-state index in [4.69, 9.17) is 0 Å².